The Labute approximate surface area is 218 Å². The molecule has 0 saturated carbocycles. The minimum absolute atomic E-state index is 0.162. The van der Waals surface area contributed by atoms with Gasteiger partial charge in [0.15, 0.2) is 6.61 Å². The molecule has 1 aliphatic rings. The average Bonchev–Trinajstić information content (AvgIpc) is 3.08. The van der Waals surface area contributed by atoms with E-state index in [0.717, 1.165) is 17.3 Å². The van der Waals surface area contributed by atoms with E-state index in [4.69, 9.17) is 16.3 Å². The number of nitrogens with one attached hydrogen (secondary N) is 1. The molecule has 0 bridgehead atoms. The average molecular weight is 576 g/mol. The molecular formula is C25H17BrClFN2O4S. The second-order valence-electron chi connectivity index (χ2n) is 7.43. The molecular weight excluding hydrogens is 559 g/mol. The number of anilines is 1. The quantitative estimate of drug-likeness (QED) is 0.326. The molecule has 10 heteroatoms. The van der Waals surface area contributed by atoms with E-state index in [1.54, 1.807) is 48.5 Å². The van der Waals surface area contributed by atoms with Gasteiger partial charge in [-0.1, -0.05) is 29.8 Å². The summed E-state index contributed by atoms with van der Waals surface area (Å²) in [6.45, 7) is -0.0887. The van der Waals surface area contributed by atoms with Crippen molar-refractivity contribution in [1.82, 2.24) is 4.90 Å². The summed E-state index contributed by atoms with van der Waals surface area (Å²) in [6, 6.07) is 17.4. The van der Waals surface area contributed by atoms with E-state index in [0.29, 0.717) is 31.4 Å². The number of halogens is 3. The van der Waals surface area contributed by atoms with Crippen LogP contribution in [0.5, 0.6) is 5.75 Å². The van der Waals surface area contributed by atoms with Crippen LogP contribution in [-0.4, -0.2) is 28.6 Å². The summed E-state index contributed by atoms with van der Waals surface area (Å²) in [6.07, 6.45) is 1.63. The fourth-order valence-electron chi connectivity index (χ4n) is 3.16. The van der Waals surface area contributed by atoms with E-state index >= 15 is 0 Å². The second kappa shape index (κ2) is 11.1. The predicted molar refractivity (Wildman–Crippen MR) is 138 cm³/mol. The Morgan fingerprint density at radius 1 is 1.09 bits per heavy atom. The van der Waals surface area contributed by atoms with Crippen molar-refractivity contribution in [3.8, 4) is 5.75 Å². The van der Waals surface area contributed by atoms with Gasteiger partial charge in [-0.05, 0) is 93.4 Å². The largest absolute Gasteiger partial charge is 0.483 e. The van der Waals surface area contributed by atoms with Gasteiger partial charge in [-0.15, -0.1) is 0 Å². The highest BCUT2D eigenvalue weighted by atomic mass is 79.9. The van der Waals surface area contributed by atoms with E-state index in [9.17, 15) is 18.8 Å². The predicted octanol–water partition coefficient (Wildman–Crippen LogP) is 6.50. The Kier molecular flexibility index (Phi) is 7.90. The Hall–Kier alpha value is -3.14. The molecule has 3 aromatic carbocycles. The summed E-state index contributed by atoms with van der Waals surface area (Å²) in [5.41, 5.74) is 1.93. The fraction of sp³-hybridized carbons (Fsp3) is 0.0800. The maximum atomic E-state index is 13.0. The van der Waals surface area contributed by atoms with Gasteiger partial charge >= 0.3 is 0 Å². The summed E-state index contributed by atoms with van der Waals surface area (Å²) in [5.74, 6) is -0.743. The zero-order valence-electron chi connectivity index (χ0n) is 18.0. The SMILES string of the molecule is O=C(COc1ccc(/C=C2/SC(=O)N(Cc3ccc(Cl)cc3)C2=O)cc1Br)Nc1ccc(F)cc1. The van der Waals surface area contributed by atoms with Gasteiger partial charge in [0, 0.05) is 10.7 Å². The number of amides is 3. The summed E-state index contributed by atoms with van der Waals surface area (Å²) < 4.78 is 19.1. The van der Waals surface area contributed by atoms with E-state index in [1.165, 1.54) is 29.2 Å². The molecule has 0 spiro atoms. The third kappa shape index (κ3) is 6.50. The first-order valence-corrected chi connectivity index (χ1v) is 12.2. The van der Waals surface area contributed by atoms with E-state index < -0.39 is 11.7 Å². The maximum Gasteiger partial charge on any atom is 0.293 e. The topological polar surface area (TPSA) is 75.7 Å². The number of thioether (sulfide) groups is 1. The number of ether oxygens (including phenoxy) is 1. The minimum Gasteiger partial charge on any atom is -0.483 e. The molecule has 0 aliphatic carbocycles. The molecule has 1 heterocycles. The van der Waals surface area contributed by atoms with Crippen molar-refractivity contribution in [2.24, 2.45) is 0 Å². The molecule has 1 saturated heterocycles. The maximum absolute atomic E-state index is 13.0. The highest BCUT2D eigenvalue weighted by molar-refractivity contribution is 9.10. The van der Waals surface area contributed by atoms with Crippen molar-refractivity contribution in [3.63, 3.8) is 0 Å². The Balaban J connectivity index is 1.37. The van der Waals surface area contributed by atoms with Crippen LogP contribution in [0.3, 0.4) is 0 Å². The molecule has 0 aromatic heterocycles. The lowest BCUT2D eigenvalue weighted by atomic mass is 10.2. The number of carbonyl (C=O) groups excluding carboxylic acids is 3. The molecule has 35 heavy (non-hydrogen) atoms. The number of hydrogen-bond donors (Lipinski definition) is 1. The lowest BCUT2D eigenvalue weighted by molar-refractivity contribution is -0.123. The Morgan fingerprint density at radius 3 is 2.49 bits per heavy atom. The van der Waals surface area contributed by atoms with Crippen LogP contribution in [0, 0.1) is 5.82 Å². The van der Waals surface area contributed by atoms with Crippen LogP contribution in [0.1, 0.15) is 11.1 Å². The van der Waals surface area contributed by atoms with Crippen molar-refractivity contribution in [2.75, 3.05) is 11.9 Å². The Bertz CT molecular complexity index is 1320. The number of hydrogen-bond acceptors (Lipinski definition) is 5. The number of benzene rings is 3. The molecule has 3 amide bonds. The fourth-order valence-corrected chi connectivity index (χ4v) is 4.63. The van der Waals surface area contributed by atoms with Crippen LogP contribution in [0.25, 0.3) is 6.08 Å². The molecule has 0 atom stereocenters. The smallest absolute Gasteiger partial charge is 0.293 e. The lowest BCUT2D eigenvalue weighted by Crippen LogP contribution is -2.27. The number of imide groups is 1. The highest BCUT2D eigenvalue weighted by Crippen LogP contribution is 2.35. The molecule has 6 nitrogen and oxygen atoms in total. The standard InChI is InChI=1S/C25H17BrClFN2O4S/c26-20-11-16(3-10-21(20)34-14-23(31)29-19-8-6-18(28)7-9-19)12-22-24(32)30(25(33)35-22)13-15-1-4-17(27)5-2-15/h1-12H,13-14H2,(H,29,31)/b22-12+. The van der Waals surface area contributed by atoms with Crippen molar-refractivity contribution < 1.29 is 23.5 Å². The molecule has 1 fully saturated rings. The molecule has 3 aromatic rings. The normalized spacial score (nSPS) is 14.5. The molecule has 1 N–H and O–H groups in total. The van der Waals surface area contributed by atoms with Crippen molar-refractivity contribution in [2.45, 2.75) is 6.54 Å². The van der Waals surface area contributed by atoms with Gasteiger partial charge in [-0.3, -0.25) is 19.3 Å². The van der Waals surface area contributed by atoms with Crippen molar-refractivity contribution >= 4 is 68.1 Å². The third-order valence-corrected chi connectivity index (χ3v) is 6.65. The van der Waals surface area contributed by atoms with Gasteiger partial charge in [-0.25, -0.2) is 4.39 Å². The first kappa shape index (κ1) is 25.0. The van der Waals surface area contributed by atoms with Gasteiger partial charge in [0.25, 0.3) is 17.1 Å². The molecule has 178 valence electrons. The van der Waals surface area contributed by atoms with Crippen molar-refractivity contribution in [3.05, 3.63) is 98.1 Å². The lowest BCUT2D eigenvalue weighted by Gasteiger charge is -2.12. The van der Waals surface area contributed by atoms with E-state index in [1.807, 2.05) is 0 Å². The summed E-state index contributed by atoms with van der Waals surface area (Å²) >= 11 is 10.2. The summed E-state index contributed by atoms with van der Waals surface area (Å²) in [7, 11) is 0. The van der Waals surface area contributed by atoms with Crippen LogP contribution >= 0.6 is 39.3 Å². The molecule has 0 radical (unpaired) electrons. The van der Waals surface area contributed by atoms with Gasteiger partial charge in [0.05, 0.1) is 15.9 Å². The first-order valence-electron chi connectivity index (χ1n) is 10.3. The number of nitrogens with zero attached hydrogens (tertiary/aromatic N) is 1. The van der Waals surface area contributed by atoms with Crippen molar-refractivity contribution in [1.29, 1.82) is 0 Å². The molecule has 1 aliphatic heterocycles. The second-order valence-corrected chi connectivity index (χ2v) is 9.71. The number of rotatable bonds is 7. The Morgan fingerprint density at radius 2 is 1.80 bits per heavy atom. The van der Waals surface area contributed by atoms with Crippen LogP contribution in [0.2, 0.25) is 5.02 Å². The summed E-state index contributed by atoms with van der Waals surface area (Å²) in [5, 5.41) is 2.85. The third-order valence-electron chi connectivity index (χ3n) is 4.87. The number of carbonyl (C=O) groups is 3. The van der Waals surface area contributed by atoms with E-state index in [2.05, 4.69) is 21.2 Å². The van der Waals surface area contributed by atoms with E-state index in [-0.39, 0.29) is 24.3 Å². The molecule has 0 unspecified atom stereocenters. The van der Waals surface area contributed by atoms with Crippen LogP contribution < -0.4 is 10.1 Å². The highest BCUT2D eigenvalue weighted by Gasteiger charge is 2.35. The van der Waals surface area contributed by atoms with Crippen LogP contribution in [0.4, 0.5) is 14.9 Å². The van der Waals surface area contributed by atoms with Gasteiger partial charge in [0.1, 0.15) is 11.6 Å². The minimum atomic E-state index is -0.401. The van der Waals surface area contributed by atoms with Crippen LogP contribution in [0.15, 0.2) is 76.1 Å². The van der Waals surface area contributed by atoms with Gasteiger partial charge in [0.2, 0.25) is 0 Å². The first-order chi connectivity index (χ1) is 16.8. The monoisotopic (exact) mass is 574 g/mol. The summed E-state index contributed by atoms with van der Waals surface area (Å²) in [4.78, 5) is 38.7. The zero-order chi connectivity index (χ0) is 24.9. The zero-order valence-corrected chi connectivity index (χ0v) is 21.1. The van der Waals surface area contributed by atoms with Gasteiger partial charge in [-0.2, -0.15) is 0 Å². The van der Waals surface area contributed by atoms with Crippen LogP contribution in [-0.2, 0) is 16.1 Å². The van der Waals surface area contributed by atoms with Gasteiger partial charge < -0.3 is 10.1 Å². The molecule has 4 rings (SSSR count).